The molecule has 150 valence electrons. The second-order valence-electron chi connectivity index (χ2n) is 7.38. The van der Waals surface area contributed by atoms with Crippen LogP contribution in [0.15, 0.2) is 48.7 Å². The number of para-hydroxylation sites is 2. The van der Waals surface area contributed by atoms with Gasteiger partial charge < -0.3 is 24.2 Å². The van der Waals surface area contributed by atoms with Crippen LogP contribution in [0, 0.1) is 0 Å². The first-order valence-corrected chi connectivity index (χ1v) is 9.97. The van der Waals surface area contributed by atoms with Crippen molar-refractivity contribution in [2.24, 2.45) is 0 Å². The SMILES string of the molecule is O[C@@H](COC[C@@H]1COc2ccccc2O1)C[NH+]1CCN(c2cccc[nH+]2)CC1. The van der Waals surface area contributed by atoms with E-state index in [9.17, 15) is 5.11 Å². The molecule has 0 saturated carbocycles. The summed E-state index contributed by atoms with van der Waals surface area (Å²) in [6.45, 7) is 5.89. The van der Waals surface area contributed by atoms with Crippen molar-refractivity contribution in [1.82, 2.24) is 0 Å². The van der Waals surface area contributed by atoms with E-state index in [1.165, 1.54) is 4.90 Å². The zero-order chi connectivity index (χ0) is 19.2. The third kappa shape index (κ3) is 4.92. The van der Waals surface area contributed by atoms with Gasteiger partial charge in [0, 0.05) is 6.07 Å². The van der Waals surface area contributed by atoms with Crippen LogP contribution in [-0.4, -0.2) is 69.9 Å². The van der Waals surface area contributed by atoms with Crippen LogP contribution in [0.2, 0.25) is 0 Å². The molecular formula is C21H29N3O4+2. The van der Waals surface area contributed by atoms with Crippen molar-refractivity contribution in [1.29, 1.82) is 0 Å². The number of aromatic amines is 1. The first kappa shape index (κ1) is 19.0. The van der Waals surface area contributed by atoms with Crippen molar-refractivity contribution in [3.63, 3.8) is 0 Å². The molecule has 28 heavy (non-hydrogen) atoms. The van der Waals surface area contributed by atoms with Crippen molar-refractivity contribution in [3.05, 3.63) is 48.7 Å². The summed E-state index contributed by atoms with van der Waals surface area (Å²) < 4.78 is 17.3. The molecule has 0 bridgehead atoms. The fourth-order valence-electron chi connectivity index (χ4n) is 3.72. The minimum Gasteiger partial charge on any atom is -0.486 e. The first-order valence-electron chi connectivity index (χ1n) is 9.97. The Bertz CT molecular complexity index is 737. The minimum atomic E-state index is -0.471. The summed E-state index contributed by atoms with van der Waals surface area (Å²) in [6, 6.07) is 13.8. The summed E-state index contributed by atoms with van der Waals surface area (Å²) in [5.74, 6) is 2.68. The number of benzene rings is 1. The lowest BCUT2D eigenvalue weighted by Crippen LogP contribution is -3.16. The molecule has 1 aromatic carbocycles. The molecule has 0 aliphatic carbocycles. The van der Waals surface area contributed by atoms with Gasteiger partial charge in [0.15, 0.2) is 17.6 Å². The van der Waals surface area contributed by atoms with Crippen LogP contribution in [0.5, 0.6) is 11.5 Å². The van der Waals surface area contributed by atoms with Gasteiger partial charge in [0.1, 0.15) is 45.4 Å². The number of hydrogen-bond donors (Lipinski definition) is 2. The van der Waals surface area contributed by atoms with Gasteiger partial charge in [-0.2, -0.15) is 0 Å². The van der Waals surface area contributed by atoms with E-state index in [1.807, 2.05) is 42.6 Å². The van der Waals surface area contributed by atoms with Gasteiger partial charge in [0.2, 0.25) is 0 Å². The lowest BCUT2D eigenvalue weighted by Gasteiger charge is -2.30. The van der Waals surface area contributed by atoms with Gasteiger partial charge in [0.25, 0.3) is 5.82 Å². The highest BCUT2D eigenvalue weighted by atomic mass is 16.6. The zero-order valence-corrected chi connectivity index (χ0v) is 16.0. The van der Waals surface area contributed by atoms with Crippen molar-refractivity contribution in [2.75, 3.05) is 57.4 Å². The van der Waals surface area contributed by atoms with Crippen LogP contribution in [0.4, 0.5) is 5.82 Å². The molecule has 1 aromatic heterocycles. The number of aliphatic hydroxyl groups is 1. The van der Waals surface area contributed by atoms with Crippen LogP contribution in [0.1, 0.15) is 0 Å². The van der Waals surface area contributed by atoms with E-state index in [4.69, 9.17) is 14.2 Å². The summed E-state index contributed by atoms with van der Waals surface area (Å²) in [5.41, 5.74) is 0. The van der Waals surface area contributed by atoms with Crippen LogP contribution < -0.4 is 24.3 Å². The average molecular weight is 387 g/mol. The number of ether oxygens (including phenoxy) is 3. The van der Waals surface area contributed by atoms with Crippen molar-refractivity contribution >= 4 is 5.82 Å². The third-order valence-corrected chi connectivity index (χ3v) is 5.21. The molecule has 0 unspecified atom stereocenters. The summed E-state index contributed by atoms with van der Waals surface area (Å²) in [6.07, 6.45) is 1.34. The Morgan fingerprint density at radius 3 is 2.71 bits per heavy atom. The molecule has 0 spiro atoms. The van der Waals surface area contributed by atoms with E-state index in [0.29, 0.717) is 26.4 Å². The van der Waals surface area contributed by atoms with Crippen molar-refractivity contribution < 1.29 is 29.2 Å². The smallest absolute Gasteiger partial charge is 0.274 e. The molecule has 2 aliphatic rings. The van der Waals surface area contributed by atoms with Gasteiger partial charge in [-0.15, -0.1) is 0 Å². The van der Waals surface area contributed by atoms with E-state index >= 15 is 0 Å². The summed E-state index contributed by atoms with van der Waals surface area (Å²) in [5, 5.41) is 10.3. The molecule has 0 radical (unpaired) electrons. The maximum atomic E-state index is 10.3. The number of pyridine rings is 1. The Labute approximate surface area is 165 Å². The molecule has 2 atom stereocenters. The van der Waals surface area contributed by atoms with Crippen molar-refractivity contribution in [3.8, 4) is 11.5 Å². The standard InChI is InChI=1S/C21H27N3O4/c25-17(13-23-9-11-24(12-10-23)21-7-3-4-8-22-21)14-26-15-18-16-27-19-5-1-2-6-20(19)28-18/h1-8,17-18,25H,9-16H2/p+2/t17-,18-/m1/s1. The van der Waals surface area contributed by atoms with E-state index in [1.54, 1.807) is 0 Å². The Morgan fingerprint density at radius 2 is 1.93 bits per heavy atom. The molecule has 3 heterocycles. The molecule has 2 aromatic rings. The maximum Gasteiger partial charge on any atom is 0.274 e. The van der Waals surface area contributed by atoms with Gasteiger partial charge in [-0.1, -0.05) is 18.2 Å². The predicted molar refractivity (Wildman–Crippen MR) is 104 cm³/mol. The lowest BCUT2D eigenvalue weighted by molar-refractivity contribution is -0.903. The number of piperazine rings is 1. The molecule has 4 rings (SSSR count). The molecule has 1 saturated heterocycles. The quantitative estimate of drug-likeness (QED) is 0.666. The number of nitrogens with zero attached hydrogens (tertiary/aromatic N) is 1. The second-order valence-corrected chi connectivity index (χ2v) is 7.38. The van der Waals surface area contributed by atoms with Gasteiger partial charge >= 0.3 is 0 Å². The number of quaternary nitrogens is 1. The predicted octanol–water partition coefficient (Wildman–Crippen LogP) is -0.577. The van der Waals surface area contributed by atoms with E-state index in [-0.39, 0.29) is 6.10 Å². The monoisotopic (exact) mass is 387 g/mol. The fourth-order valence-corrected chi connectivity index (χ4v) is 3.72. The Balaban J connectivity index is 1.14. The number of aliphatic hydroxyl groups excluding tert-OH is 1. The molecule has 2 aliphatic heterocycles. The maximum absolute atomic E-state index is 10.3. The Kier molecular flexibility index (Phi) is 6.26. The zero-order valence-electron chi connectivity index (χ0n) is 16.0. The topological polar surface area (TPSA) is 69.7 Å². The average Bonchev–Trinajstić information content (AvgIpc) is 2.75. The van der Waals surface area contributed by atoms with Crippen LogP contribution in [-0.2, 0) is 4.74 Å². The van der Waals surface area contributed by atoms with E-state index in [2.05, 4.69) is 16.0 Å². The summed E-state index contributed by atoms with van der Waals surface area (Å²) in [4.78, 5) is 7.05. The molecule has 1 fully saturated rings. The van der Waals surface area contributed by atoms with E-state index < -0.39 is 6.10 Å². The number of hydrogen-bond acceptors (Lipinski definition) is 5. The highest BCUT2D eigenvalue weighted by molar-refractivity contribution is 5.40. The van der Waals surface area contributed by atoms with E-state index in [0.717, 1.165) is 43.5 Å². The van der Waals surface area contributed by atoms with Gasteiger partial charge in [0.05, 0.1) is 19.4 Å². The lowest BCUT2D eigenvalue weighted by atomic mass is 10.2. The largest absolute Gasteiger partial charge is 0.486 e. The molecule has 0 amide bonds. The highest BCUT2D eigenvalue weighted by Gasteiger charge is 2.27. The molecule has 7 nitrogen and oxygen atoms in total. The Hall–Kier alpha value is -2.35. The third-order valence-electron chi connectivity index (χ3n) is 5.21. The molecule has 7 heteroatoms. The summed E-state index contributed by atoms with van der Waals surface area (Å²) in [7, 11) is 0. The van der Waals surface area contributed by atoms with Gasteiger partial charge in [-0.25, -0.2) is 4.98 Å². The van der Waals surface area contributed by atoms with Crippen LogP contribution >= 0.6 is 0 Å². The summed E-state index contributed by atoms with van der Waals surface area (Å²) >= 11 is 0. The normalized spacial score (nSPS) is 20.8. The van der Waals surface area contributed by atoms with Crippen LogP contribution in [0.3, 0.4) is 0 Å². The number of nitrogens with one attached hydrogen (secondary N) is 2. The Morgan fingerprint density at radius 1 is 1.14 bits per heavy atom. The number of H-pyrrole nitrogens is 1. The molecule has 3 N–H and O–H groups in total. The van der Waals surface area contributed by atoms with Crippen molar-refractivity contribution in [2.45, 2.75) is 12.2 Å². The number of fused-ring (bicyclic) bond motifs is 1. The first-order chi connectivity index (χ1) is 13.8. The van der Waals surface area contributed by atoms with Gasteiger partial charge in [-0.3, -0.25) is 4.90 Å². The number of rotatable bonds is 7. The highest BCUT2D eigenvalue weighted by Crippen LogP contribution is 2.30. The number of aromatic nitrogens is 1. The minimum absolute atomic E-state index is 0.139. The molecular weight excluding hydrogens is 358 g/mol. The number of anilines is 1. The second kappa shape index (κ2) is 9.23. The van der Waals surface area contributed by atoms with Crippen LogP contribution in [0.25, 0.3) is 0 Å². The van der Waals surface area contributed by atoms with Gasteiger partial charge in [-0.05, 0) is 18.2 Å². The fraction of sp³-hybridized carbons (Fsp3) is 0.476.